The van der Waals surface area contributed by atoms with E-state index in [1.165, 1.54) is 0 Å². The van der Waals surface area contributed by atoms with Gasteiger partial charge < -0.3 is 9.47 Å². The largest absolute Gasteiger partial charge is 0.490 e. The maximum Gasteiger partial charge on any atom is 0.339 e. The van der Waals surface area contributed by atoms with Gasteiger partial charge in [-0.3, -0.25) is 0 Å². The van der Waals surface area contributed by atoms with E-state index < -0.39 is 0 Å². The number of pyridine rings is 1. The van der Waals surface area contributed by atoms with Gasteiger partial charge in [-0.2, -0.15) is 0 Å². The molecule has 1 aromatic heterocycles. The van der Waals surface area contributed by atoms with Crippen LogP contribution in [0, 0.1) is 6.92 Å². The van der Waals surface area contributed by atoms with Crippen LogP contribution in [0.15, 0.2) is 84.9 Å². The summed E-state index contributed by atoms with van der Waals surface area (Å²) < 4.78 is 11.2. The van der Waals surface area contributed by atoms with Gasteiger partial charge >= 0.3 is 5.97 Å². The summed E-state index contributed by atoms with van der Waals surface area (Å²) in [5, 5.41) is 0.790. The maximum atomic E-state index is 13.0. The van der Waals surface area contributed by atoms with E-state index in [1.54, 1.807) is 0 Å². The first-order valence-electron chi connectivity index (χ1n) is 9.54. The third kappa shape index (κ3) is 4.11. The van der Waals surface area contributed by atoms with Crippen molar-refractivity contribution in [3.8, 4) is 17.0 Å². The summed E-state index contributed by atoms with van der Waals surface area (Å²) in [5.41, 5.74) is 3.89. The lowest BCUT2D eigenvalue weighted by molar-refractivity contribution is 0.0452. The lowest BCUT2D eigenvalue weighted by atomic mass is 9.98. The highest BCUT2D eigenvalue weighted by Crippen LogP contribution is 2.30. The Morgan fingerprint density at radius 3 is 2.24 bits per heavy atom. The Morgan fingerprint density at radius 2 is 1.48 bits per heavy atom. The summed E-state index contributed by atoms with van der Waals surface area (Å²) in [5.74, 6) is 0.385. The zero-order valence-corrected chi connectivity index (χ0v) is 16.2. The van der Waals surface area contributed by atoms with Crippen molar-refractivity contribution >= 4 is 16.9 Å². The molecule has 0 spiro atoms. The highest BCUT2D eigenvalue weighted by Gasteiger charge is 2.19. The molecule has 4 rings (SSSR count). The molecule has 0 radical (unpaired) electrons. The van der Waals surface area contributed by atoms with Crippen LogP contribution in [-0.2, 0) is 4.74 Å². The quantitative estimate of drug-likeness (QED) is 0.328. The number of rotatable bonds is 6. The molecule has 0 aliphatic rings. The maximum absolute atomic E-state index is 13.0. The summed E-state index contributed by atoms with van der Waals surface area (Å²) in [6.45, 7) is 2.38. The summed E-state index contributed by atoms with van der Waals surface area (Å²) in [6.07, 6.45) is 0. The van der Waals surface area contributed by atoms with Crippen LogP contribution in [0.5, 0.6) is 5.75 Å². The number of carbonyl (C=O) groups excluding carboxylic acids is 1. The highest BCUT2D eigenvalue weighted by atomic mass is 16.6. The van der Waals surface area contributed by atoms with Crippen LogP contribution in [0.1, 0.15) is 15.9 Å². The molecular weight excluding hydrogens is 362 g/mol. The van der Waals surface area contributed by atoms with E-state index in [0.29, 0.717) is 12.2 Å². The molecule has 0 fully saturated rings. The zero-order chi connectivity index (χ0) is 20.1. The van der Waals surface area contributed by atoms with E-state index in [2.05, 4.69) is 0 Å². The van der Waals surface area contributed by atoms with Crippen LogP contribution in [-0.4, -0.2) is 24.2 Å². The minimum Gasteiger partial charge on any atom is -0.490 e. The molecule has 29 heavy (non-hydrogen) atoms. The van der Waals surface area contributed by atoms with E-state index >= 15 is 0 Å². The summed E-state index contributed by atoms with van der Waals surface area (Å²) in [6, 6.07) is 27.0. The fourth-order valence-corrected chi connectivity index (χ4v) is 3.33. The second kappa shape index (κ2) is 8.57. The Labute approximate surface area is 169 Å². The Kier molecular flexibility index (Phi) is 5.52. The molecule has 0 N–H and O–H groups in total. The predicted molar refractivity (Wildman–Crippen MR) is 114 cm³/mol. The molecule has 0 aliphatic heterocycles. The van der Waals surface area contributed by atoms with Crippen LogP contribution in [0.2, 0.25) is 0 Å². The van der Waals surface area contributed by atoms with Gasteiger partial charge in [-0.25, -0.2) is 9.78 Å². The zero-order valence-electron chi connectivity index (χ0n) is 16.2. The van der Waals surface area contributed by atoms with Crippen molar-refractivity contribution in [2.45, 2.75) is 6.92 Å². The van der Waals surface area contributed by atoms with Gasteiger partial charge in [-0.15, -0.1) is 0 Å². The molecule has 1 heterocycles. The Bertz CT molecular complexity index is 1120. The van der Waals surface area contributed by atoms with Crippen LogP contribution in [0.4, 0.5) is 0 Å². The number of nitrogens with zero attached hydrogens (tertiary/aromatic N) is 1. The monoisotopic (exact) mass is 383 g/mol. The summed E-state index contributed by atoms with van der Waals surface area (Å²) in [7, 11) is 0. The van der Waals surface area contributed by atoms with Gasteiger partial charge in [0.15, 0.2) is 0 Å². The number of aromatic nitrogens is 1. The number of hydrogen-bond donors (Lipinski definition) is 0. The van der Waals surface area contributed by atoms with Crippen molar-refractivity contribution < 1.29 is 14.3 Å². The van der Waals surface area contributed by atoms with Gasteiger partial charge in [-0.1, -0.05) is 66.7 Å². The van der Waals surface area contributed by atoms with E-state index in [9.17, 15) is 4.79 Å². The predicted octanol–water partition coefficient (Wildman–Crippen LogP) is 5.45. The molecule has 3 aromatic carbocycles. The van der Waals surface area contributed by atoms with E-state index in [-0.39, 0.29) is 12.6 Å². The molecule has 4 aromatic rings. The number of fused-ring (bicyclic) bond motifs is 1. The molecule has 4 heteroatoms. The van der Waals surface area contributed by atoms with Crippen LogP contribution in [0.3, 0.4) is 0 Å². The third-order valence-electron chi connectivity index (χ3n) is 4.72. The number of hydrogen-bond acceptors (Lipinski definition) is 4. The van der Waals surface area contributed by atoms with Gasteiger partial charge in [0.25, 0.3) is 0 Å². The van der Waals surface area contributed by atoms with Gasteiger partial charge in [0.2, 0.25) is 0 Å². The van der Waals surface area contributed by atoms with Crippen LogP contribution < -0.4 is 4.74 Å². The van der Waals surface area contributed by atoms with Gasteiger partial charge in [-0.05, 0) is 30.7 Å². The Hall–Kier alpha value is -3.66. The van der Waals surface area contributed by atoms with Crippen LogP contribution >= 0.6 is 0 Å². The summed E-state index contributed by atoms with van der Waals surface area (Å²) >= 11 is 0. The molecule has 0 atom stereocenters. The standard InChI is InChI=1S/C25H21NO3/c1-18-23(25(27)29-17-16-28-20-12-6-3-7-13-20)21-14-8-9-15-22(21)26-24(18)19-10-4-2-5-11-19/h2-15H,16-17H2,1H3. The molecule has 0 aliphatic carbocycles. The molecule has 0 bridgehead atoms. The van der Waals surface area contributed by atoms with Gasteiger partial charge in [0.1, 0.15) is 19.0 Å². The number of ether oxygens (including phenoxy) is 2. The molecule has 0 saturated carbocycles. The molecule has 0 amide bonds. The molecule has 4 nitrogen and oxygen atoms in total. The number of para-hydroxylation sites is 2. The Balaban J connectivity index is 1.60. The summed E-state index contributed by atoms with van der Waals surface area (Å²) in [4.78, 5) is 17.8. The van der Waals surface area contributed by atoms with Crippen molar-refractivity contribution in [2.24, 2.45) is 0 Å². The van der Waals surface area contributed by atoms with Crippen molar-refractivity contribution in [1.29, 1.82) is 0 Å². The lowest BCUT2D eigenvalue weighted by Crippen LogP contribution is -2.14. The average Bonchev–Trinajstić information content (AvgIpc) is 2.77. The van der Waals surface area contributed by atoms with Crippen molar-refractivity contribution in [1.82, 2.24) is 4.98 Å². The third-order valence-corrected chi connectivity index (χ3v) is 4.72. The number of carbonyl (C=O) groups is 1. The van der Waals surface area contributed by atoms with E-state index in [4.69, 9.17) is 14.5 Å². The van der Waals surface area contributed by atoms with Crippen molar-refractivity contribution in [3.63, 3.8) is 0 Å². The fraction of sp³-hybridized carbons (Fsp3) is 0.120. The molecular formula is C25H21NO3. The minimum absolute atomic E-state index is 0.171. The average molecular weight is 383 g/mol. The molecule has 0 saturated heterocycles. The topological polar surface area (TPSA) is 48.4 Å². The lowest BCUT2D eigenvalue weighted by Gasteiger charge is -2.14. The van der Waals surface area contributed by atoms with Gasteiger partial charge in [0.05, 0.1) is 16.8 Å². The van der Waals surface area contributed by atoms with E-state index in [0.717, 1.165) is 33.5 Å². The highest BCUT2D eigenvalue weighted by molar-refractivity contribution is 6.06. The fourth-order valence-electron chi connectivity index (χ4n) is 3.33. The molecule has 0 unspecified atom stereocenters. The second-order valence-corrected chi connectivity index (χ2v) is 6.64. The number of esters is 1. The first kappa shape index (κ1) is 18.7. The van der Waals surface area contributed by atoms with Gasteiger partial charge in [0, 0.05) is 10.9 Å². The second-order valence-electron chi connectivity index (χ2n) is 6.64. The Morgan fingerprint density at radius 1 is 0.828 bits per heavy atom. The first-order chi connectivity index (χ1) is 14.2. The van der Waals surface area contributed by atoms with E-state index in [1.807, 2.05) is 91.9 Å². The van der Waals surface area contributed by atoms with Crippen LogP contribution in [0.25, 0.3) is 22.2 Å². The SMILES string of the molecule is Cc1c(-c2ccccc2)nc2ccccc2c1C(=O)OCCOc1ccccc1. The normalized spacial score (nSPS) is 10.7. The minimum atomic E-state index is -0.366. The number of benzene rings is 3. The van der Waals surface area contributed by atoms with Crippen molar-refractivity contribution in [3.05, 3.63) is 96.1 Å². The molecule has 144 valence electrons. The smallest absolute Gasteiger partial charge is 0.339 e. The first-order valence-corrected chi connectivity index (χ1v) is 9.54. The van der Waals surface area contributed by atoms with Crippen molar-refractivity contribution in [2.75, 3.05) is 13.2 Å².